The van der Waals surface area contributed by atoms with Crippen LogP contribution in [-0.2, 0) is 4.74 Å². The fourth-order valence-corrected chi connectivity index (χ4v) is 2.61. The molecule has 0 unspecified atom stereocenters. The van der Waals surface area contributed by atoms with Crippen molar-refractivity contribution in [3.05, 3.63) is 41.0 Å². The minimum absolute atomic E-state index is 0.268. The van der Waals surface area contributed by atoms with Crippen molar-refractivity contribution in [3.63, 3.8) is 0 Å². The Hall–Kier alpha value is -1.92. The molecule has 0 amide bonds. The van der Waals surface area contributed by atoms with E-state index in [2.05, 4.69) is 6.92 Å². The van der Waals surface area contributed by atoms with Crippen molar-refractivity contribution in [1.82, 2.24) is 0 Å². The van der Waals surface area contributed by atoms with E-state index < -0.39 is 29.3 Å². The molecule has 24 heavy (non-hydrogen) atoms. The van der Waals surface area contributed by atoms with Gasteiger partial charge in [-0.25, -0.2) is 13.6 Å². The molecule has 2 rings (SSSR count). The average Bonchev–Trinajstić information content (AvgIpc) is 2.47. The molecule has 1 saturated carbocycles. The molecule has 0 aliphatic heterocycles. The normalized spacial score (nSPS) is 21.9. The van der Waals surface area contributed by atoms with Gasteiger partial charge in [-0.2, -0.15) is 13.2 Å². The van der Waals surface area contributed by atoms with Gasteiger partial charge in [0.1, 0.15) is 17.7 Å². The number of allylic oxidation sites excluding steroid dienone is 1. The van der Waals surface area contributed by atoms with E-state index in [1.807, 2.05) is 0 Å². The first-order chi connectivity index (χ1) is 11.2. The van der Waals surface area contributed by atoms with Gasteiger partial charge in [0.25, 0.3) is 0 Å². The van der Waals surface area contributed by atoms with Crippen LogP contribution in [0.4, 0.5) is 22.0 Å². The van der Waals surface area contributed by atoms with Crippen LogP contribution in [0.15, 0.2) is 18.2 Å². The Labute approximate surface area is 136 Å². The molecule has 0 atom stereocenters. The predicted octanol–water partition coefficient (Wildman–Crippen LogP) is 5.28. The van der Waals surface area contributed by atoms with Crippen molar-refractivity contribution >= 4 is 12.0 Å². The minimum atomic E-state index is -4.69. The number of alkyl halides is 3. The van der Waals surface area contributed by atoms with Crippen LogP contribution in [0.5, 0.6) is 0 Å². The van der Waals surface area contributed by atoms with Gasteiger partial charge < -0.3 is 4.74 Å². The van der Waals surface area contributed by atoms with E-state index in [1.165, 1.54) is 0 Å². The lowest BCUT2D eigenvalue weighted by Gasteiger charge is -2.26. The van der Waals surface area contributed by atoms with Crippen molar-refractivity contribution in [2.24, 2.45) is 5.92 Å². The lowest BCUT2D eigenvalue weighted by molar-refractivity contribution is -0.0790. The Kier molecular flexibility index (Phi) is 5.62. The summed E-state index contributed by atoms with van der Waals surface area (Å²) in [6.45, 7) is 2.09. The summed E-state index contributed by atoms with van der Waals surface area (Å²) in [7, 11) is 0. The van der Waals surface area contributed by atoms with Crippen LogP contribution < -0.4 is 0 Å². The van der Waals surface area contributed by atoms with Crippen LogP contribution in [0.25, 0.3) is 6.08 Å². The lowest BCUT2D eigenvalue weighted by atomic mass is 9.89. The van der Waals surface area contributed by atoms with E-state index in [0.29, 0.717) is 37.0 Å². The van der Waals surface area contributed by atoms with Crippen LogP contribution in [-0.4, -0.2) is 18.2 Å². The summed E-state index contributed by atoms with van der Waals surface area (Å²) in [5, 5.41) is 0. The maximum atomic E-state index is 13.8. The number of carbonyl (C=O) groups is 1. The maximum Gasteiger partial charge on any atom is 0.409 e. The Morgan fingerprint density at radius 1 is 1.12 bits per heavy atom. The van der Waals surface area contributed by atoms with Gasteiger partial charge >= 0.3 is 12.1 Å². The predicted molar refractivity (Wildman–Crippen MR) is 78.3 cm³/mol. The first-order valence-electron chi connectivity index (χ1n) is 7.61. The molecule has 2 nitrogen and oxygen atoms in total. The average molecular weight is 348 g/mol. The molecule has 1 aliphatic rings. The summed E-state index contributed by atoms with van der Waals surface area (Å²) < 4.78 is 69.1. The van der Waals surface area contributed by atoms with E-state index in [9.17, 15) is 26.7 Å². The molecule has 7 heteroatoms. The maximum absolute atomic E-state index is 13.8. The molecule has 1 aliphatic carbocycles. The molecule has 1 aromatic rings. The number of hydrogen-bond acceptors (Lipinski definition) is 2. The Morgan fingerprint density at radius 3 is 2.17 bits per heavy atom. The van der Waals surface area contributed by atoms with Gasteiger partial charge in [-0.15, -0.1) is 0 Å². The third-order valence-corrected chi connectivity index (χ3v) is 3.99. The number of rotatable bonds is 3. The highest BCUT2D eigenvalue weighted by Gasteiger charge is 2.25. The quantitative estimate of drug-likeness (QED) is 0.549. The van der Waals surface area contributed by atoms with Crippen LogP contribution in [0.3, 0.4) is 0 Å². The van der Waals surface area contributed by atoms with Crippen molar-refractivity contribution in [2.75, 3.05) is 0 Å². The fourth-order valence-electron chi connectivity index (χ4n) is 2.61. The summed E-state index contributed by atoms with van der Waals surface area (Å²) >= 11 is 0. The van der Waals surface area contributed by atoms with Gasteiger partial charge in [0, 0.05) is 11.6 Å². The molecule has 0 saturated heterocycles. The van der Waals surface area contributed by atoms with E-state index in [1.54, 1.807) is 0 Å². The molecule has 0 N–H and O–H groups in total. The monoisotopic (exact) mass is 348 g/mol. The second-order valence-electron chi connectivity index (χ2n) is 6.02. The molecule has 0 aromatic heterocycles. The van der Waals surface area contributed by atoms with Gasteiger partial charge in [-0.1, -0.05) is 6.92 Å². The Balaban J connectivity index is 2.11. The summed E-state index contributed by atoms with van der Waals surface area (Å²) in [5.74, 6) is -2.83. The zero-order valence-electron chi connectivity index (χ0n) is 13.0. The number of hydrogen-bond donors (Lipinski definition) is 0. The standard InChI is InChI=1S/C17H17F5O2/c1-10-2-4-12(5-3-10)24-16(23)11-8-14(18)13(15(19)9-11)6-7-17(20,21)22/h6-10,12H,2-5H2,1H3/b7-6+. The molecule has 0 spiro atoms. The van der Waals surface area contributed by atoms with Gasteiger partial charge in [0.05, 0.1) is 5.56 Å². The van der Waals surface area contributed by atoms with E-state index in [4.69, 9.17) is 4.74 Å². The number of carbonyl (C=O) groups excluding carboxylic acids is 1. The Morgan fingerprint density at radius 2 is 1.67 bits per heavy atom. The largest absolute Gasteiger partial charge is 0.459 e. The fraction of sp³-hybridized carbons (Fsp3) is 0.471. The second-order valence-corrected chi connectivity index (χ2v) is 6.02. The van der Waals surface area contributed by atoms with Crippen LogP contribution in [0.1, 0.15) is 48.5 Å². The van der Waals surface area contributed by atoms with Crippen LogP contribution >= 0.6 is 0 Å². The third-order valence-electron chi connectivity index (χ3n) is 3.99. The van der Waals surface area contributed by atoms with E-state index in [-0.39, 0.29) is 17.7 Å². The molecule has 0 heterocycles. The van der Waals surface area contributed by atoms with Gasteiger partial charge in [0.2, 0.25) is 0 Å². The summed E-state index contributed by atoms with van der Waals surface area (Å²) in [4.78, 5) is 12.0. The van der Waals surface area contributed by atoms with E-state index in [0.717, 1.165) is 12.8 Å². The number of ether oxygens (including phenoxy) is 1. The molecule has 1 aromatic carbocycles. The highest BCUT2D eigenvalue weighted by Crippen LogP contribution is 2.27. The third kappa shape index (κ3) is 5.04. The van der Waals surface area contributed by atoms with Gasteiger partial charge in [-0.05, 0) is 49.8 Å². The van der Waals surface area contributed by atoms with Gasteiger partial charge in [0.15, 0.2) is 0 Å². The number of benzene rings is 1. The zero-order chi connectivity index (χ0) is 17.9. The van der Waals surface area contributed by atoms with E-state index >= 15 is 0 Å². The zero-order valence-corrected chi connectivity index (χ0v) is 13.0. The summed E-state index contributed by atoms with van der Waals surface area (Å²) in [6, 6.07) is 1.37. The smallest absolute Gasteiger partial charge is 0.409 e. The summed E-state index contributed by atoms with van der Waals surface area (Å²) in [6.07, 6.45) is -1.78. The second kappa shape index (κ2) is 7.32. The molecular weight excluding hydrogens is 331 g/mol. The first-order valence-corrected chi connectivity index (χ1v) is 7.61. The highest BCUT2D eigenvalue weighted by atomic mass is 19.4. The molecule has 0 bridgehead atoms. The van der Waals surface area contributed by atoms with Gasteiger partial charge in [-0.3, -0.25) is 0 Å². The molecular formula is C17H17F5O2. The SMILES string of the molecule is CC1CCC(OC(=O)c2cc(F)c(/C=C/C(F)(F)F)c(F)c2)CC1. The highest BCUT2D eigenvalue weighted by molar-refractivity contribution is 5.90. The van der Waals surface area contributed by atoms with Crippen molar-refractivity contribution in [1.29, 1.82) is 0 Å². The molecule has 132 valence electrons. The van der Waals surface area contributed by atoms with Crippen molar-refractivity contribution in [2.45, 2.75) is 44.9 Å². The molecule has 0 radical (unpaired) electrons. The number of esters is 1. The topological polar surface area (TPSA) is 26.3 Å². The Bertz CT molecular complexity index is 605. The minimum Gasteiger partial charge on any atom is -0.459 e. The van der Waals surface area contributed by atoms with Crippen molar-refractivity contribution < 1.29 is 31.5 Å². The summed E-state index contributed by atoms with van der Waals surface area (Å²) in [5.41, 5.74) is -1.21. The lowest BCUT2D eigenvalue weighted by Crippen LogP contribution is -2.23. The van der Waals surface area contributed by atoms with Crippen molar-refractivity contribution in [3.8, 4) is 0 Å². The number of halogens is 5. The van der Waals surface area contributed by atoms with Crippen LogP contribution in [0.2, 0.25) is 0 Å². The first kappa shape index (κ1) is 18.4. The van der Waals surface area contributed by atoms with Crippen LogP contribution in [0, 0.1) is 17.6 Å². The molecule has 1 fully saturated rings.